The largest absolute Gasteiger partial charge is 0.416 e. The zero-order chi connectivity index (χ0) is 20.4. The fourth-order valence-electron chi connectivity index (χ4n) is 2.83. The topological polar surface area (TPSA) is 75.5 Å². The first-order chi connectivity index (χ1) is 12.4. The van der Waals surface area contributed by atoms with Gasteiger partial charge in [-0.25, -0.2) is 0 Å². The van der Waals surface area contributed by atoms with Crippen molar-refractivity contribution in [3.05, 3.63) is 33.9 Å². The lowest BCUT2D eigenvalue weighted by Gasteiger charge is -2.32. The molecule has 1 heterocycles. The van der Waals surface area contributed by atoms with Crippen LogP contribution in [0.2, 0.25) is 0 Å². The molecule has 0 unspecified atom stereocenters. The predicted octanol–water partition coefficient (Wildman–Crippen LogP) is 3.51. The van der Waals surface area contributed by atoms with Gasteiger partial charge in [0.05, 0.1) is 10.5 Å². The maximum atomic E-state index is 12.7. The summed E-state index contributed by atoms with van der Waals surface area (Å²) in [4.78, 5) is 23.4. The van der Waals surface area contributed by atoms with Gasteiger partial charge in [-0.05, 0) is 25.0 Å². The highest BCUT2D eigenvalue weighted by atomic mass is 19.4. The van der Waals surface area contributed by atoms with Crippen LogP contribution >= 0.6 is 0 Å². The third-order valence-electron chi connectivity index (χ3n) is 4.17. The van der Waals surface area contributed by atoms with Gasteiger partial charge >= 0.3 is 12.4 Å². The molecule has 1 fully saturated rings. The minimum atomic E-state index is -4.73. The average molecular weight is 399 g/mol. The van der Waals surface area contributed by atoms with Crippen LogP contribution in [0.1, 0.15) is 18.4 Å². The SMILES string of the molecule is O=C(NCC(F)(F)F)C1CCN(c2ccc(C(F)(F)F)cc2[N+](=O)[O-])CC1. The van der Waals surface area contributed by atoms with Gasteiger partial charge < -0.3 is 10.2 Å². The molecule has 1 aromatic rings. The van der Waals surface area contributed by atoms with E-state index >= 15 is 0 Å². The molecule has 1 aliphatic rings. The number of nitrogens with one attached hydrogen (secondary N) is 1. The fraction of sp³-hybridized carbons (Fsp3) is 0.533. The Kier molecular flexibility index (Phi) is 5.85. The summed E-state index contributed by atoms with van der Waals surface area (Å²) >= 11 is 0. The van der Waals surface area contributed by atoms with E-state index < -0.39 is 46.9 Å². The molecule has 0 aromatic heterocycles. The number of alkyl halides is 6. The first kappa shape index (κ1) is 20.8. The molecular weight excluding hydrogens is 384 g/mol. The Morgan fingerprint density at radius 3 is 2.26 bits per heavy atom. The molecule has 12 heteroatoms. The maximum absolute atomic E-state index is 12.7. The van der Waals surface area contributed by atoms with Crippen molar-refractivity contribution in [3.8, 4) is 0 Å². The number of benzene rings is 1. The highest BCUT2D eigenvalue weighted by Gasteiger charge is 2.35. The van der Waals surface area contributed by atoms with E-state index in [1.165, 1.54) is 4.90 Å². The summed E-state index contributed by atoms with van der Waals surface area (Å²) in [5.74, 6) is -1.47. The molecule has 0 aliphatic carbocycles. The number of piperidine rings is 1. The minimum Gasteiger partial charge on any atom is -0.366 e. The van der Waals surface area contributed by atoms with E-state index in [4.69, 9.17) is 0 Å². The number of rotatable bonds is 4. The molecule has 1 N–H and O–H groups in total. The number of nitro groups is 1. The number of nitrogens with zero attached hydrogens (tertiary/aromatic N) is 2. The van der Waals surface area contributed by atoms with Crippen molar-refractivity contribution in [2.24, 2.45) is 5.92 Å². The number of carbonyl (C=O) groups excluding carboxylic acids is 1. The van der Waals surface area contributed by atoms with Gasteiger partial charge in [0.2, 0.25) is 5.91 Å². The second-order valence-corrected chi connectivity index (χ2v) is 6.05. The first-order valence-corrected chi connectivity index (χ1v) is 7.83. The van der Waals surface area contributed by atoms with Crippen LogP contribution in [0.4, 0.5) is 37.7 Å². The number of nitro benzene ring substituents is 1. The number of amides is 1. The molecule has 0 atom stereocenters. The Morgan fingerprint density at radius 2 is 1.78 bits per heavy atom. The lowest BCUT2D eigenvalue weighted by atomic mass is 9.95. The van der Waals surface area contributed by atoms with Gasteiger partial charge in [-0.15, -0.1) is 0 Å². The van der Waals surface area contributed by atoms with Gasteiger partial charge in [-0.2, -0.15) is 26.3 Å². The Bertz CT molecular complexity index is 712. The van der Waals surface area contributed by atoms with Crippen molar-refractivity contribution in [2.75, 3.05) is 24.5 Å². The molecule has 0 radical (unpaired) electrons. The maximum Gasteiger partial charge on any atom is 0.416 e. The molecule has 0 spiro atoms. The second-order valence-electron chi connectivity index (χ2n) is 6.05. The van der Waals surface area contributed by atoms with Crippen LogP contribution in [0.15, 0.2) is 18.2 Å². The Hall–Kier alpha value is -2.53. The molecule has 1 aliphatic heterocycles. The molecule has 1 saturated heterocycles. The highest BCUT2D eigenvalue weighted by Crippen LogP contribution is 2.37. The molecule has 0 bridgehead atoms. The van der Waals surface area contributed by atoms with Gasteiger partial charge in [0.25, 0.3) is 5.69 Å². The highest BCUT2D eigenvalue weighted by molar-refractivity contribution is 5.79. The van der Waals surface area contributed by atoms with Crippen molar-refractivity contribution >= 4 is 17.3 Å². The number of carbonyl (C=O) groups is 1. The van der Waals surface area contributed by atoms with Gasteiger partial charge in [0.15, 0.2) is 0 Å². The van der Waals surface area contributed by atoms with Gasteiger partial charge in [-0.1, -0.05) is 0 Å². The molecule has 1 amide bonds. The second kappa shape index (κ2) is 7.61. The molecular formula is C15H15F6N3O3. The van der Waals surface area contributed by atoms with Crippen LogP contribution in [0.25, 0.3) is 0 Å². The van der Waals surface area contributed by atoms with Crippen LogP contribution in [-0.2, 0) is 11.0 Å². The lowest BCUT2D eigenvalue weighted by Crippen LogP contribution is -2.43. The third-order valence-corrected chi connectivity index (χ3v) is 4.17. The zero-order valence-electron chi connectivity index (χ0n) is 13.7. The number of hydrogen-bond donors (Lipinski definition) is 1. The monoisotopic (exact) mass is 399 g/mol. The zero-order valence-corrected chi connectivity index (χ0v) is 13.7. The Balaban J connectivity index is 2.07. The summed E-state index contributed by atoms with van der Waals surface area (Å²) in [7, 11) is 0. The van der Waals surface area contributed by atoms with Crippen molar-refractivity contribution < 1.29 is 36.1 Å². The molecule has 2 rings (SSSR count). The molecule has 0 saturated carbocycles. The summed E-state index contributed by atoms with van der Waals surface area (Å²) in [6.45, 7) is -1.26. The Labute approximate surface area is 149 Å². The van der Waals surface area contributed by atoms with Crippen LogP contribution in [0, 0.1) is 16.0 Å². The summed E-state index contributed by atoms with van der Waals surface area (Å²) in [6, 6.07) is 2.16. The van der Waals surface area contributed by atoms with Crippen molar-refractivity contribution in [1.29, 1.82) is 0 Å². The van der Waals surface area contributed by atoms with Gasteiger partial charge in [-0.3, -0.25) is 14.9 Å². The normalized spacial score (nSPS) is 16.3. The lowest BCUT2D eigenvalue weighted by molar-refractivity contribution is -0.384. The molecule has 150 valence electrons. The first-order valence-electron chi connectivity index (χ1n) is 7.83. The van der Waals surface area contributed by atoms with E-state index in [9.17, 15) is 41.3 Å². The minimum absolute atomic E-state index is 0.0258. The van der Waals surface area contributed by atoms with Crippen LogP contribution in [-0.4, -0.2) is 36.6 Å². The van der Waals surface area contributed by atoms with Gasteiger partial charge in [0, 0.05) is 25.1 Å². The van der Waals surface area contributed by atoms with Crippen molar-refractivity contribution in [3.63, 3.8) is 0 Å². The summed E-state index contributed by atoms with van der Waals surface area (Å²) < 4.78 is 74.6. The molecule has 1 aromatic carbocycles. The quantitative estimate of drug-likeness (QED) is 0.478. The smallest absolute Gasteiger partial charge is 0.366 e. The van der Waals surface area contributed by atoms with Crippen LogP contribution in [0.3, 0.4) is 0 Å². The van der Waals surface area contributed by atoms with Crippen LogP contribution < -0.4 is 10.2 Å². The van der Waals surface area contributed by atoms with E-state index in [0.717, 1.165) is 12.1 Å². The molecule has 6 nitrogen and oxygen atoms in total. The van der Waals surface area contributed by atoms with E-state index in [-0.39, 0.29) is 31.6 Å². The van der Waals surface area contributed by atoms with E-state index in [1.54, 1.807) is 5.32 Å². The predicted molar refractivity (Wildman–Crippen MR) is 82.1 cm³/mol. The fourth-order valence-corrected chi connectivity index (χ4v) is 2.83. The van der Waals surface area contributed by atoms with Crippen LogP contribution in [0.5, 0.6) is 0 Å². The average Bonchev–Trinajstić information content (AvgIpc) is 2.58. The summed E-state index contributed by atoms with van der Waals surface area (Å²) in [6.07, 6.45) is -9.01. The van der Waals surface area contributed by atoms with E-state index in [1.807, 2.05) is 0 Å². The number of hydrogen-bond acceptors (Lipinski definition) is 4. The summed E-state index contributed by atoms with van der Waals surface area (Å²) in [5, 5.41) is 12.9. The summed E-state index contributed by atoms with van der Waals surface area (Å²) in [5.41, 5.74) is -1.90. The molecule has 27 heavy (non-hydrogen) atoms. The van der Waals surface area contributed by atoms with E-state index in [2.05, 4.69) is 0 Å². The van der Waals surface area contributed by atoms with Crippen molar-refractivity contribution in [2.45, 2.75) is 25.2 Å². The Morgan fingerprint density at radius 1 is 1.19 bits per heavy atom. The standard InChI is InChI=1S/C15H15F6N3O3/c16-14(17,18)8-22-13(25)9-3-5-23(6-4-9)11-2-1-10(15(19,20)21)7-12(11)24(26)27/h1-2,7,9H,3-6,8H2,(H,22,25). The number of halogens is 6. The van der Waals surface area contributed by atoms with Gasteiger partial charge in [0.1, 0.15) is 12.2 Å². The van der Waals surface area contributed by atoms with E-state index in [0.29, 0.717) is 6.07 Å². The number of anilines is 1. The third kappa shape index (κ3) is 5.47. The van der Waals surface area contributed by atoms with Crippen molar-refractivity contribution in [1.82, 2.24) is 5.32 Å².